The summed E-state index contributed by atoms with van der Waals surface area (Å²) in [5, 5.41) is 14.3. The van der Waals surface area contributed by atoms with E-state index in [4.69, 9.17) is 11.6 Å². The molecule has 182 valence electrons. The maximum atomic E-state index is 14.6. The number of alkyl halides is 3. The fraction of sp³-hybridized carbons (Fsp3) is 0.346. The summed E-state index contributed by atoms with van der Waals surface area (Å²) in [6.45, 7) is 5.58. The predicted octanol–water partition coefficient (Wildman–Crippen LogP) is 6.38. The molecule has 2 aromatic carbocycles. The van der Waals surface area contributed by atoms with Crippen LogP contribution in [-0.2, 0) is 18.1 Å². The Morgan fingerprint density at radius 1 is 0.971 bits per heavy atom. The maximum Gasteiger partial charge on any atom is 0.416 e. The molecule has 2 unspecified atom stereocenters. The highest BCUT2D eigenvalue weighted by Crippen LogP contribution is 2.38. The van der Waals surface area contributed by atoms with Crippen molar-refractivity contribution in [3.8, 4) is 0 Å². The highest BCUT2D eigenvalue weighted by Gasteiger charge is 2.40. The van der Waals surface area contributed by atoms with E-state index in [1.807, 2.05) is 51.1 Å². The normalized spacial score (nSPS) is 15.1. The average Bonchev–Trinajstić information content (AvgIpc) is 2.76. The molecular formula is C26H27ClF4N2O. The molecule has 0 spiro atoms. The molecule has 34 heavy (non-hydrogen) atoms. The second kappa shape index (κ2) is 10.0. The van der Waals surface area contributed by atoms with Gasteiger partial charge in [-0.1, -0.05) is 62.7 Å². The third kappa shape index (κ3) is 6.14. The van der Waals surface area contributed by atoms with Crippen molar-refractivity contribution in [3.63, 3.8) is 0 Å². The fourth-order valence-corrected chi connectivity index (χ4v) is 3.81. The van der Waals surface area contributed by atoms with Gasteiger partial charge in [0.15, 0.2) is 0 Å². The molecule has 0 amide bonds. The smallest absolute Gasteiger partial charge is 0.391 e. The van der Waals surface area contributed by atoms with E-state index < -0.39 is 34.6 Å². The van der Waals surface area contributed by atoms with E-state index in [0.717, 1.165) is 17.7 Å². The zero-order valence-corrected chi connectivity index (χ0v) is 19.9. The molecule has 3 rings (SSSR count). The van der Waals surface area contributed by atoms with Crippen molar-refractivity contribution in [2.24, 2.45) is 5.41 Å². The minimum atomic E-state index is -4.74. The lowest BCUT2D eigenvalue weighted by Crippen LogP contribution is -2.51. The van der Waals surface area contributed by atoms with Crippen LogP contribution in [-0.4, -0.2) is 22.7 Å². The number of hydrogen-bond donors (Lipinski definition) is 2. The van der Waals surface area contributed by atoms with Crippen LogP contribution in [0.2, 0.25) is 5.02 Å². The van der Waals surface area contributed by atoms with Gasteiger partial charge in [0.05, 0.1) is 27.9 Å². The molecule has 8 heteroatoms. The van der Waals surface area contributed by atoms with Crippen molar-refractivity contribution in [2.45, 2.75) is 45.0 Å². The van der Waals surface area contributed by atoms with Crippen molar-refractivity contribution in [1.82, 2.24) is 10.3 Å². The quantitative estimate of drug-likeness (QED) is 0.375. The van der Waals surface area contributed by atoms with Gasteiger partial charge in [0.25, 0.3) is 0 Å². The van der Waals surface area contributed by atoms with Gasteiger partial charge < -0.3 is 5.11 Å². The Morgan fingerprint density at radius 3 is 2.18 bits per heavy atom. The topological polar surface area (TPSA) is 45.1 Å². The number of rotatable bonds is 7. The Kier molecular flexibility index (Phi) is 7.70. The van der Waals surface area contributed by atoms with Crippen LogP contribution in [0.4, 0.5) is 17.6 Å². The van der Waals surface area contributed by atoms with E-state index in [2.05, 4.69) is 10.3 Å². The lowest BCUT2D eigenvalue weighted by Gasteiger charge is -2.38. The Balaban J connectivity index is 2.26. The Hall–Kier alpha value is -2.48. The molecule has 3 aromatic rings. The Labute approximate surface area is 201 Å². The first-order valence-corrected chi connectivity index (χ1v) is 11.2. The summed E-state index contributed by atoms with van der Waals surface area (Å²) in [6, 6.07) is 14.8. The largest absolute Gasteiger partial charge is 0.416 e. The lowest BCUT2D eigenvalue weighted by atomic mass is 9.79. The number of aliphatic hydroxyl groups excluding tert-OH is 1. The van der Waals surface area contributed by atoms with E-state index in [0.29, 0.717) is 16.8 Å². The standard InChI is InChI=1S/C26H27ClF4N2O/c1-24(2,3)23(34)16-33-25(14-17-7-5-4-6-8-17,22-10-9-20(27)15-32-22)18-11-19(26(29,30)31)13-21(28)12-18/h4-13,15,23,33-34H,14,16H2,1-3H3. The average molecular weight is 495 g/mol. The summed E-state index contributed by atoms with van der Waals surface area (Å²) in [4.78, 5) is 4.41. The molecule has 0 saturated carbocycles. The van der Waals surface area contributed by atoms with Gasteiger partial charge in [-0.2, -0.15) is 13.2 Å². The summed E-state index contributed by atoms with van der Waals surface area (Å²) in [5.41, 5.74) is -1.82. The van der Waals surface area contributed by atoms with Gasteiger partial charge >= 0.3 is 6.18 Å². The van der Waals surface area contributed by atoms with Gasteiger partial charge in [0.2, 0.25) is 0 Å². The van der Waals surface area contributed by atoms with Crippen molar-refractivity contribution in [2.75, 3.05) is 6.54 Å². The molecule has 3 nitrogen and oxygen atoms in total. The third-order valence-electron chi connectivity index (χ3n) is 5.79. The van der Waals surface area contributed by atoms with Crippen molar-refractivity contribution in [3.05, 3.63) is 100 Å². The molecular weight excluding hydrogens is 468 g/mol. The van der Waals surface area contributed by atoms with Crippen LogP contribution in [0.15, 0.2) is 66.9 Å². The second-order valence-electron chi connectivity index (χ2n) is 9.42. The van der Waals surface area contributed by atoms with E-state index in [9.17, 15) is 22.7 Å². The monoisotopic (exact) mass is 494 g/mol. The first kappa shape index (κ1) is 26.1. The van der Waals surface area contributed by atoms with Crippen LogP contribution >= 0.6 is 11.6 Å². The molecule has 0 aliphatic rings. The van der Waals surface area contributed by atoms with Crippen LogP contribution in [0.1, 0.15) is 43.2 Å². The zero-order chi connectivity index (χ0) is 25.1. The Bertz CT molecular complexity index is 1100. The molecule has 0 aliphatic heterocycles. The van der Waals surface area contributed by atoms with Gasteiger partial charge in [-0.3, -0.25) is 10.3 Å². The third-order valence-corrected chi connectivity index (χ3v) is 6.02. The molecule has 1 aromatic heterocycles. The Morgan fingerprint density at radius 2 is 1.62 bits per heavy atom. The molecule has 0 bridgehead atoms. The minimum Gasteiger partial charge on any atom is -0.391 e. The number of hydrogen-bond acceptors (Lipinski definition) is 3. The van der Waals surface area contributed by atoms with Crippen LogP contribution in [0.25, 0.3) is 0 Å². The summed E-state index contributed by atoms with van der Waals surface area (Å²) in [6.07, 6.45) is -4.04. The second-order valence-corrected chi connectivity index (χ2v) is 9.85. The number of aromatic nitrogens is 1. The molecule has 0 aliphatic carbocycles. The SMILES string of the molecule is CC(C)(C)C(O)CNC(Cc1ccccc1)(c1cc(F)cc(C(F)(F)F)c1)c1ccc(Cl)cn1. The predicted molar refractivity (Wildman–Crippen MR) is 125 cm³/mol. The molecule has 0 radical (unpaired) electrons. The highest BCUT2D eigenvalue weighted by molar-refractivity contribution is 6.30. The molecule has 2 N–H and O–H groups in total. The molecule has 2 atom stereocenters. The maximum absolute atomic E-state index is 14.6. The van der Waals surface area contributed by atoms with Gasteiger partial charge in [0.1, 0.15) is 5.82 Å². The van der Waals surface area contributed by atoms with Crippen LogP contribution in [0.5, 0.6) is 0 Å². The van der Waals surface area contributed by atoms with Gasteiger partial charge in [-0.05, 0) is 46.9 Å². The summed E-state index contributed by atoms with van der Waals surface area (Å²) in [5.74, 6) is -1.02. The summed E-state index contributed by atoms with van der Waals surface area (Å²) < 4.78 is 55.5. The molecule has 0 saturated heterocycles. The number of nitrogens with one attached hydrogen (secondary N) is 1. The molecule has 0 fully saturated rings. The van der Waals surface area contributed by atoms with E-state index in [1.165, 1.54) is 6.20 Å². The summed E-state index contributed by atoms with van der Waals surface area (Å²) in [7, 11) is 0. The van der Waals surface area contributed by atoms with E-state index >= 15 is 0 Å². The fourth-order valence-electron chi connectivity index (χ4n) is 3.70. The lowest BCUT2D eigenvalue weighted by molar-refractivity contribution is -0.137. The van der Waals surface area contributed by atoms with Crippen molar-refractivity contribution >= 4 is 11.6 Å². The number of halogens is 5. The number of pyridine rings is 1. The van der Waals surface area contributed by atoms with Crippen molar-refractivity contribution in [1.29, 1.82) is 0 Å². The number of benzene rings is 2. The minimum absolute atomic E-state index is 0.0263. The van der Waals surface area contributed by atoms with Crippen molar-refractivity contribution < 1.29 is 22.7 Å². The molecule has 1 heterocycles. The van der Waals surface area contributed by atoms with Gasteiger partial charge in [-0.25, -0.2) is 4.39 Å². The first-order chi connectivity index (χ1) is 15.8. The van der Waals surface area contributed by atoms with Crippen LogP contribution < -0.4 is 5.32 Å². The zero-order valence-electron chi connectivity index (χ0n) is 19.1. The van der Waals surface area contributed by atoms with E-state index in [-0.39, 0.29) is 18.5 Å². The van der Waals surface area contributed by atoms with Gasteiger partial charge in [-0.15, -0.1) is 0 Å². The van der Waals surface area contributed by atoms with E-state index in [1.54, 1.807) is 12.1 Å². The van der Waals surface area contributed by atoms with Crippen LogP contribution in [0, 0.1) is 11.2 Å². The number of nitrogens with zero attached hydrogens (tertiary/aromatic N) is 1. The van der Waals surface area contributed by atoms with Gasteiger partial charge in [0, 0.05) is 19.2 Å². The first-order valence-electron chi connectivity index (χ1n) is 10.8. The summed E-state index contributed by atoms with van der Waals surface area (Å²) >= 11 is 6.03. The highest BCUT2D eigenvalue weighted by atomic mass is 35.5. The van der Waals surface area contributed by atoms with Crippen LogP contribution in [0.3, 0.4) is 0 Å². The number of aliphatic hydroxyl groups is 1.